The van der Waals surface area contributed by atoms with Crippen molar-refractivity contribution in [3.05, 3.63) is 41.2 Å². The molecular weight excluding hydrogens is 410 g/mol. The number of amides is 1. The minimum absolute atomic E-state index is 0.123. The molecule has 0 aliphatic carbocycles. The number of carbonyl (C=O) groups excluding carboxylic acids is 1. The van der Waals surface area contributed by atoms with Crippen LogP contribution >= 0.6 is 23.1 Å². The van der Waals surface area contributed by atoms with E-state index in [4.69, 9.17) is 9.47 Å². The zero-order chi connectivity index (χ0) is 20.8. The number of benzene rings is 1. The van der Waals surface area contributed by atoms with E-state index in [1.54, 1.807) is 7.11 Å². The molecule has 10 heteroatoms. The number of aromatic nitrogens is 4. The normalized spacial score (nSPS) is 11.9. The Morgan fingerprint density at radius 3 is 2.72 bits per heavy atom. The number of nitrogens with one attached hydrogen (secondary N) is 1. The Kier molecular flexibility index (Phi) is 7.10. The predicted molar refractivity (Wildman–Crippen MR) is 114 cm³/mol. The van der Waals surface area contributed by atoms with E-state index in [1.807, 2.05) is 55.0 Å². The summed E-state index contributed by atoms with van der Waals surface area (Å²) in [5.41, 5.74) is 0.885. The fourth-order valence-corrected chi connectivity index (χ4v) is 4.16. The van der Waals surface area contributed by atoms with Gasteiger partial charge in [-0.05, 0) is 32.9 Å². The number of methoxy groups -OCH3 is 1. The number of thiazole rings is 1. The summed E-state index contributed by atoms with van der Waals surface area (Å²) in [5, 5.41) is 14.1. The standard InChI is InChI=1S/C19H23N5O3S2/c1-5-24-16(10-27-15-9-7-6-8-14(15)26-4)22-23-19(24)29-13(3)17(25)21-18-20-12(2)11-28-18/h6-9,11,13H,5,10H2,1-4H3,(H,20,21,25)/t13-/m0/s1. The molecule has 0 aliphatic rings. The molecule has 0 spiro atoms. The lowest BCUT2D eigenvalue weighted by Crippen LogP contribution is -2.23. The Bertz CT molecular complexity index is 972. The van der Waals surface area contributed by atoms with Crippen LogP contribution in [-0.4, -0.2) is 38.0 Å². The Balaban J connectivity index is 1.64. The molecule has 0 aliphatic heterocycles. The molecule has 1 N–H and O–H groups in total. The monoisotopic (exact) mass is 433 g/mol. The number of thioether (sulfide) groups is 1. The molecule has 29 heavy (non-hydrogen) atoms. The summed E-state index contributed by atoms with van der Waals surface area (Å²) in [7, 11) is 1.60. The second-order valence-electron chi connectivity index (χ2n) is 6.13. The first-order valence-corrected chi connectivity index (χ1v) is 10.8. The maximum atomic E-state index is 12.5. The fourth-order valence-electron chi connectivity index (χ4n) is 2.54. The Morgan fingerprint density at radius 2 is 2.07 bits per heavy atom. The van der Waals surface area contributed by atoms with E-state index in [1.165, 1.54) is 23.1 Å². The quantitative estimate of drug-likeness (QED) is 0.514. The van der Waals surface area contributed by atoms with Gasteiger partial charge in [-0.3, -0.25) is 4.79 Å². The van der Waals surface area contributed by atoms with Crippen LogP contribution in [-0.2, 0) is 17.9 Å². The number of nitrogens with zero attached hydrogens (tertiary/aromatic N) is 4. The highest BCUT2D eigenvalue weighted by Crippen LogP contribution is 2.28. The van der Waals surface area contributed by atoms with E-state index >= 15 is 0 Å². The van der Waals surface area contributed by atoms with E-state index in [2.05, 4.69) is 20.5 Å². The topological polar surface area (TPSA) is 91.2 Å². The van der Waals surface area contributed by atoms with E-state index < -0.39 is 0 Å². The Labute approximate surface area is 177 Å². The molecule has 0 unspecified atom stereocenters. The van der Waals surface area contributed by atoms with Crippen LogP contribution in [0.4, 0.5) is 5.13 Å². The van der Waals surface area contributed by atoms with Crippen LogP contribution in [0, 0.1) is 6.92 Å². The maximum Gasteiger partial charge on any atom is 0.239 e. The number of hydrogen-bond acceptors (Lipinski definition) is 8. The lowest BCUT2D eigenvalue weighted by Gasteiger charge is -2.13. The van der Waals surface area contributed by atoms with Gasteiger partial charge < -0.3 is 19.4 Å². The van der Waals surface area contributed by atoms with Crippen molar-refractivity contribution in [1.82, 2.24) is 19.7 Å². The third-order valence-electron chi connectivity index (χ3n) is 4.04. The van der Waals surface area contributed by atoms with Crippen LogP contribution in [0.3, 0.4) is 0 Å². The summed E-state index contributed by atoms with van der Waals surface area (Å²) in [5.74, 6) is 1.86. The van der Waals surface area contributed by atoms with Gasteiger partial charge in [0.1, 0.15) is 6.61 Å². The number of aryl methyl sites for hydroxylation is 1. The lowest BCUT2D eigenvalue weighted by atomic mass is 10.3. The molecule has 2 aromatic heterocycles. The van der Waals surface area contributed by atoms with Crippen molar-refractivity contribution in [2.75, 3.05) is 12.4 Å². The number of rotatable bonds is 9. The van der Waals surface area contributed by atoms with Crippen molar-refractivity contribution in [2.45, 2.75) is 44.3 Å². The summed E-state index contributed by atoms with van der Waals surface area (Å²) in [6, 6.07) is 7.45. The second kappa shape index (κ2) is 9.75. The van der Waals surface area contributed by atoms with Gasteiger partial charge in [0, 0.05) is 11.9 Å². The molecule has 1 aromatic carbocycles. The first-order chi connectivity index (χ1) is 14.0. The molecule has 0 fully saturated rings. The van der Waals surface area contributed by atoms with Gasteiger partial charge in [0.05, 0.1) is 18.1 Å². The van der Waals surface area contributed by atoms with E-state index in [0.29, 0.717) is 34.2 Å². The van der Waals surface area contributed by atoms with Crippen LogP contribution in [0.1, 0.15) is 25.4 Å². The van der Waals surface area contributed by atoms with Crippen molar-refractivity contribution >= 4 is 34.1 Å². The molecular formula is C19H23N5O3S2. The summed E-state index contributed by atoms with van der Waals surface area (Å²) >= 11 is 2.76. The highest BCUT2D eigenvalue weighted by molar-refractivity contribution is 8.00. The van der Waals surface area contributed by atoms with Crippen LogP contribution < -0.4 is 14.8 Å². The highest BCUT2D eigenvalue weighted by Gasteiger charge is 2.21. The van der Waals surface area contributed by atoms with Gasteiger partial charge >= 0.3 is 0 Å². The molecule has 0 saturated carbocycles. The first-order valence-electron chi connectivity index (χ1n) is 9.09. The number of para-hydroxylation sites is 2. The van der Waals surface area contributed by atoms with E-state index in [9.17, 15) is 4.79 Å². The van der Waals surface area contributed by atoms with Crippen molar-refractivity contribution in [3.63, 3.8) is 0 Å². The first kappa shape index (κ1) is 21.1. The molecule has 154 valence electrons. The van der Waals surface area contributed by atoms with Gasteiger partial charge in [0.15, 0.2) is 27.6 Å². The van der Waals surface area contributed by atoms with Gasteiger partial charge in [-0.2, -0.15) is 0 Å². The maximum absolute atomic E-state index is 12.5. The van der Waals surface area contributed by atoms with Crippen molar-refractivity contribution in [3.8, 4) is 11.5 Å². The van der Waals surface area contributed by atoms with Gasteiger partial charge in [0.2, 0.25) is 5.91 Å². The SMILES string of the molecule is CCn1c(COc2ccccc2OC)nnc1S[C@@H](C)C(=O)Nc1nc(C)cs1. The average molecular weight is 434 g/mol. The molecule has 0 saturated heterocycles. The average Bonchev–Trinajstić information content (AvgIpc) is 3.31. The van der Waals surface area contributed by atoms with Gasteiger partial charge in [0.25, 0.3) is 0 Å². The molecule has 1 atom stereocenters. The van der Waals surface area contributed by atoms with Crippen LogP contribution in [0.2, 0.25) is 0 Å². The zero-order valence-electron chi connectivity index (χ0n) is 16.7. The highest BCUT2D eigenvalue weighted by atomic mass is 32.2. The minimum atomic E-state index is -0.350. The Morgan fingerprint density at radius 1 is 1.31 bits per heavy atom. The van der Waals surface area contributed by atoms with Crippen molar-refractivity contribution in [1.29, 1.82) is 0 Å². The van der Waals surface area contributed by atoms with Crippen LogP contribution in [0.15, 0.2) is 34.8 Å². The minimum Gasteiger partial charge on any atom is -0.493 e. The molecule has 2 heterocycles. The molecule has 3 aromatic rings. The Hall–Kier alpha value is -2.59. The van der Waals surface area contributed by atoms with Crippen molar-refractivity contribution in [2.24, 2.45) is 0 Å². The van der Waals surface area contributed by atoms with Gasteiger partial charge in [-0.1, -0.05) is 23.9 Å². The molecule has 0 radical (unpaired) electrons. The molecule has 8 nitrogen and oxygen atoms in total. The third kappa shape index (κ3) is 5.27. The fraction of sp³-hybridized carbons (Fsp3) is 0.368. The number of carbonyl (C=O) groups is 1. The van der Waals surface area contributed by atoms with E-state index in [0.717, 1.165) is 5.69 Å². The lowest BCUT2D eigenvalue weighted by molar-refractivity contribution is -0.115. The summed E-state index contributed by atoms with van der Waals surface area (Å²) in [6.45, 7) is 6.65. The van der Waals surface area contributed by atoms with E-state index in [-0.39, 0.29) is 17.8 Å². The predicted octanol–water partition coefficient (Wildman–Crippen LogP) is 3.77. The molecule has 1 amide bonds. The van der Waals surface area contributed by atoms with Gasteiger partial charge in [-0.25, -0.2) is 4.98 Å². The van der Waals surface area contributed by atoms with Gasteiger partial charge in [-0.15, -0.1) is 21.5 Å². The number of ether oxygens (including phenoxy) is 2. The second-order valence-corrected chi connectivity index (χ2v) is 8.29. The zero-order valence-corrected chi connectivity index (χ0v) is 18.3. The number of hydrogen-bond donors (Lipinski definition) is 1. The number of anilines is 1. The van der Waals surface area contributed by atoms with Crippen molar-refractivity contribution < 1.29 is 14.3 Å². The summed E-state index contributed by atoms with van der Waals surface area (Å²) in [4.78, 5) is 16.7. The summed E-state index contributed by atoms with van der Waals surface area (Å²) in [6.07, 6.45) is 0. The molecule has 3 rings (SSSR count). The largest absolute Gasteiger partial charge is 0.493 e. The smallest absolute Gasteiger partial charge is 0.239 e. The third-order valence-corrected chi connectivity index (χ3v) is 5.99. The van der Waals surface area contributed by atoms with Crippen LogP contribution in [0.25, 0.3) is 0 Å². The molecule has 0 bridgehead atoms. The summed E-state index contributed by atoms with van der Waals surface area (Å²) < 4.78 is 13.1. The van der Waals surface area contributed by atoms with Crippen LogP contribution in [0.5, 0.6) is 11.5 Å².